The molecule has 1 aliphatic carbocycles. The van der Waals surface area contributed by atoms with Crippen molar-refractivity contribution in [1.29, 1.82) is 0 Å². The predicted octanol–water partition coefficient (Wildman–Crippen LogP) is 1.84. The molecule has 1 N–H and O–H groups in total. The highest BCUT2D eigenvalue weighted by Crippen LogP contribution is 2.29. The molecule has 0 bridgehead atoms. The molecular formula is C12H14N4O2S. The summed E-state index contributed by atoms with van der Waals surface area (Å²) in [5.74, 6) is 1.53. The van der Waals surface area contributed by atoms with Gasteiger partial charge in [0.15, 0.2) is 0 Å². The lowest BCUT2D eigenvalue weighted by Gasteiger charge is -2.04. The van der Waals surface area contributed by atoms with Crippen LogP contribution in [0.15, 0.2) is 29.4 Å². The van der Waals surface area contributed by atoms with Gasteiger partial charge in [-0.2, -0.15) is 4.68 Å². The van der Waals surface area contributed by atoms with Crippen molar-refractivity contribution in [2.24, 2.45) is 5.92 Å². The summed E-state index contributed by atoms with van der Waals surface area (Å²) in [4.78, 5) is 0. The predicted molar refractivity (Wildman–Crippen MR) is 70.2 cm³/mol. The molecule has 6 nitrogen and oxygen atoms in total. The molecule has 19 heavy (non-hydrogen) atoms. The van der Waals surface area contributed by atoms with E-state index in [2.05, 4.69) is 15.5 Å². The van der Waals surface area contributed by atoms with E-state index in [1.54, 1.807) is 28.9 Å². The highest BCUT2D eigenvalue weighted by atomic mass is 32.2. The van der Waals surface area contributed by atoms with Crippen LogP contribution in [0.2, 0.25) is 0 Å². The van der Waals surface area contributed by atoms with E-state index in [-0.39, 0.29) is 5.75 Å². The van der Waals surface area contributed by atoms with Crippen LogP contribution in [0.4, 0.5) is 0 Å². The van der Waals surface area contributed by atoms with Gasteiger partial charge in [-0.15, -0.1) is 5.10 Å². The molecule has 0 radical (unpaired) electrons. The van der Waals surface area contributed by atoms with Crippen LogP contribution in [-0.2, 0) is 4.74 Å². The lowest BCUT2D eigenvalue weighted by molar-refractivity contribution is 0.170. The van der Waals surface area contributed by atoms with Crippen LogP contribution >= 0.6 is 11.8 Å². The summed E-state index contributed by atoms with van der Waals surface area (Å²) in [7, 11) is 0. The third-order valence-corrected chi connectivity index (χ3v) is 3.65. The van der Waals surface area contributed by atoms with E-state index in [0.717, 1.165) is 18.2 Å². The first-order valence-corrected chi connectivity index (χ1v) is 7.10. The van der Waals surface area contributed by atoms with E-state index >= 15 is 0 Å². The number of rotatable bonds is 6. The Morgan fingerprint density at radius 3 is 2.84 bits per heavy atom. The highest BCUT2D eigenvalue weighted by molar-refractivity contribution is 7.99. The molecule has 1 aromatic heterocycles. The molecular weight excluding hydrogens is 264 g/mol. The van der Waals surface area contributed by atoms with Crippen LogP contribution in [0, 0.1) is 5.92 Å². The quantitative estimate of drug-likeness (QED) is 0.494. The minimum atomic E-state index is 0.221. The molecule has 0 aliphatic heterocycles. The van der Waals surface area contributed by atoms with Crippen molar-refractivity contribution >= 4 is 11.8 Å². The first kappa shape index (κ1) is 12.4. The highest BCUT2D eigenvalue weighted by Gasteiger charge is 2.21. The zero-order chi connectivity index (χ0) is 13.1. The summed E-state index contributed by atoms with van der Waals surface area (Å²) in [6.45, 7) is 0.827. The number of aromatic nitrogens is 4. The average molecular weight is 278 g/mol. The van der Waals surface area contributed by atoms with Crippen molar-refractivity contribution in [2.75, 3.05) is 12.5 Å². The molecule has 0 atom stereocenters. The van der Waals surface area contributed by atoms with Crippen LogP contribution in [0.25, 0.3) is 5.69 Å². The molecule has 7 heteroatoms. The lowest BCUT2D eigenvalue weighted by atomic mass is 10.3. The molecule has 0 spiro atoms. The smallest absolute Gasteiger partial charge is 0.216 e. The molecule has 1 fully saturated rings. The van der Waals surface area contributed by atoms with E-state index in [4.69, 9.17) is 4.74 Å². The average Bonchev–Trinajstić information content (AvgIpc) is 3.13. The molecule has 0 amide bonds. The zero-order valence-corrected chi connectivity index (χ0v) is 11.1. The van der Waals surface area contributed by atoms with Gasteiger partial charge in [0.2, 0.25) is 5.16 Å². The summed E-state index contributed by atoms with van der Waals surface area (Å²) < 4.78 is 7.18. The Kier molecular flexibility index (Phi) is 3.65. The number of ether oxygens (including phenoxy) is 1. The van der Waals surface area contributed by atoms with Crippen molar-refractivity contribution in [1.82, 2.24) is 20.2 Å². The number of nitrogens with zero attached hydrogens (tertiary/aromatic N) is 4. The summed E-state index contributed by atoms with van der Waals surface area (Å²) in [5, 5.41) is 21.5. The van der Waals surface area contributed by atoms with Crippen LogP contribution < -0.4 is 0 Å². The maximum Gasteiger partial charge on any atom is 0.216 e. The molecule has 1 saturated carbocycles. The number of phenols is 1. The maximum atomic E-state index is 9.27. The second-order valence-electron chi connectivity index (χ2n) is 4.47. The molecule has 3 rings (SSSR count). The molecule has 1 heterocycles. The van der Waals surface area contributed by atoms with Gasteiger partial charge in [-0.25, -0.2) is 0 Å². The Balaban J connectivity index is 1.62. The second-order valence-corrected chi connectivity index (χ2v) is 5.36. The topological polar surface area (TPSA) is 73.1 Å². The van der Waals surface area contributed by atoms with Crippen molar-refractivity contribution in [3.05, 3.63) is 24.3 Å². The maximum absolute atomic E-state index is 9.27. The Hall–Kier alpha value is -1.60. The van der Waals surface area contributed by atoms with Gasteiger partial charge in [-0.3, -0.25) is 0 Å². The van der Waals surface area contributed by atoms with Crippen molar-refractivity contribution in [3.63, 3.8) is 0 Å². The minimum Gasteiger partial charge on any atom is -0.508 e. The lowest BCUT2D eigenvalue weighted by Crippen LogP contribution is -2.01. The van der Waals surface area contributed by atoms with Gasteiger partial charge in [-0.1, -0.05) is 11.8 Å². The van der Waals surface area contributed by atoms with E-state index < -0.39 is 0 Å². The van der Waals surface area contributed by atoms with Gasteiger partial charge >= 0.3 is 0 Å². The molecule has 2 aromatic rings. The van der Waals surface area contributed by atoms with Gasteiger partial charge in [0, 0.05) is 0 Å². The Morgan fingerprint density at radius 2 is 2.11 bits per heavy atom. The van der Waals surface area contributed by atoms with Crippen molar-refractivity contribution in [2.45, 2.75) is 18.0 Å². The van der Waals surface area contributed by atoms with Gasteiger partial charge in [-0.05, 0) is 53.5 Å². The second kappa shape index (κ2) is 5.58. The van der Waals surface area contributed by atoms with Crippen LogP contribution in [0.3, 0.4) is 0 Å². The normalized spacial score (nSPS) is 14.7. The number of phenolic OH excluding ortho intramolecular Hbond substituents is 1. The van der Waals surface area contributed by atoms with Crippen LogP contribution in [-0.4, -0.2) is 37.9 Å². The largest absolute Gasteiger partial charge is 0.508 e. The Morgan fingerprint density at radius 1 is 1.32 bits per heavy atom. The standard InChI is InChI=1S/C12H14N4O2S/c17-11-5-3-10(4-6-11)16-12(13-14-15-16)19-8-18-7-9-1-2-9/h3-6,9,17H,1-2,7-8H2. The first-order chi connectivity index (χ1) is 9.33. The molecule has 1 aliphatic rings. The number of thioether (sulfide) groups is 1. The molecule has 100 valence electrons. The fourth-order valence-electron chi connectivity index (χ4n) is 1.62. The van der Waals surface area contributed by atoms with Gasteiger partial charge < -0.3 is 9.84 Å². The fourth-order valence-corrected chi connectivity index (χ4v) is 2.26. The van der Waals surface area contributed by atoms with Crippen LogP contribution in [0.1, 0.15) is 12.8 Å². The van der Waals surface area contributed by atoms with Gasteiger partial charge in [0.25, 0.3) is 0 Å². The Bertz CT molecular complexity index is 539. The third kappa shape index (κ3) is 3.24. The first-order valence-electron chi connectivity index (χ1n) is 6.11. The number of aromatic hydroxyl groups is 1. The number of benzene rings is 1. The molecule has 0 unspecified atom stereocenters. The fraction of sp³-hybridized carbons (Fsp3) is 0.417. The van der Waals surface area contributed by atoms with Crippen molar-refractivity contribution < 1.29 is 9.84 Å². The zero-order valence-electron chi connectivity index (χ0n) is 10.3. The third-order valence-electron chi connectivity index (χ3n) is 2.86. The van der Waals surface area contributed by atoms with Crippen molar-refractivity contribution in [3.8, 4) is 11.4 Å². The monoisotopic (exact) mass is 278 g/mol. The summed E-state index contributed by atoms with van der Waals surface area (Å²) in [6.07, 6.45) is 2.58. The van der Waals surface area contributed by atoms with E-state index in [9.17, 15) is 5.11 Å². The molecule has 1 aromatic carbocycles. The number of tetrazole rings is 1. The van der Waals surface area contributed by atoms with E-state index in [0.29, 0.717) is 11.1 Å². The van der Waals surface area contributed by atoms with E-state index in [1.165, 1.54) is 24.6 Å². The number of hydrogen-bond acceptors (Lipinski definition) is 6. The SMILES string of the molecule is Oc1ccc(-n2nnnc2SCOCC2CC2)cc1. The summed E-state index contributed by atoms with van der Waals surface area (Å²) in [5.41, 5.74) is 0.812. The minimum absolute atomic E-state index is 0.221. The van der Waals surface area contributed by atoms with E-state index in [1.807, 2.05) is 0 Å². The Labute approximate surface area is 114 Å². The summed E-state index contributed by atoms with van der Waals surface area (Å²) >= 11 is 1.46. The van der Waals surface area contributed by atoms with Gasteiger partial charge in [0.05, 0.1) is 18.2 Å². The van der Waals surface area contributed by atoms with Crippen LogP contribution in [0.5, 0.6) is 5.75 Å². The molecule has 0 saturated heterocycles. The number of hydrogen-bond donors (Lipinski definition) is 1. The summed E-state index contributed by atoms with van der Waals surface area (Å²) in [6, 6.07) is 6.74. The van der Waals surface area contributed by atoms with Gasteiger partial charge in [0.1, 0.15) is 5.75 Å².